The minimum atomic E-state index is -1.06. The second-order valence-corrected chi connectivity index (χ2v) is 6.97. The molecule has 1 heterocycles. The van der Waals surface area contributed by atoms with Crippen molar-refractivity contribution < 1.29 is 24.8 Å². The highest BCUT2D eigenvalue weighted by Gasteiger charge is 2.40. The molecule has 1 fully saturated rings. The molecule has 1 saturated heterocycles. The third kappa shape index (κ3) is 9.71. The molecule has 0 bridgehead atoms. The van der Waals surface area contributed by atoms with E-state index in [0.29, 0.717) is 6.61 Å². The van der Waals surface area contributed by atoms with Crippen molar-refractivity contribution in [3.05, 3.63) is 12.2 Å². The van der Waals surface area contributed by atoms with Gasteiger partial charge in [0.05, 0.1) is 13.2 Å². The molecule has 0 amide bonds. The number of hydrogen-bond donors (Lipinski definition) is 3. The quantitative estimate of drug-likeness (QED) is 0.310. The number of hydrogen-bond acceptors (Lipinski definition) is 5. The Kier molecular flexibility index (Phi) is 13.3. The highest BCUT2D eigenvalue weighted by molar-refractivity contribution is 4.89. The zero-order valence-corrected chi connectivity index (χ0v) is 15.8. The highest BCUT2D eigenvalue weighted by atomic mass is 16.6. The second kappa shape index (κ2) is 14.7. The van der Waals surface area contributed by atoms with Crippen molar-refractivity contribution in [2.45, 2.75) is 95.5 Å². The van der Waals surface area contributed by atoms with Gasteiger partial charge in [0.15, 0.2) is 0 Å². The zero-order valence-electron chi connectivity index (χ0n) is 15.8. The van der Waals surface area contributed by atoms with Gasteiger partial charge in [-0.2, -0.15) is 0 Å². The van der Waals surface area contributed by atoms with E-state index in [9.17, 15) is 10.2 Å². The summed E-state index contributed by atoms with van der Waals surface area (Å²) in [6.07, 6.45) is 13.8. The number of aliphatic hydroxyl groups excluding tert-OH is 3. The van der Waals surface area contributed by atoms with E-state index in [1.165, 1.54) is 44.9 Å². The van der Waals surface area contributed by atoms with E-state index in [-0.39, 0.29) is 6.61 Å². The molecule has 3 N–H and O–H groups in total. The monoisotopic (exact) mass is 358 g/mol. The molecule has 148 valence electrons. The molecule has 0 spiro atoms. The third-order valence-corrected chi connectivity index (χ3v) is 4.72. The largest absolute Gasteiger partial charge is 0.394 e. The van der Waals surface area contributed by atoms with Gasteiger partial charge in [-0.3, -0.25) is 0 Å². The van der Waals surface area contributed by atoms with Gasteiger partial charge in [-0.1, -0.05) is 57.6 Å². The average Bonchev–Trinajstić information content (AvgIpc) is 2.99. The van der Waals surface area contributed by atoms with Crippen molar-refractivity contribution in [1.29, 1.82) is 0 Å². The summed E-state index contributed by atoms with van der Waals surface area (Å²) in [6.45, 7) is 2.65. The minimum Gasteiger partial charge on any atom is -0.394 e. The second-order valence-electron chi connectivity index (χ2n) is 6.97. The Hall–Kier alpha value is -0.460. The van der Waals surface area contributed by atoms with Crippen molar-refractivity contribution >= 4 is 0 Å². The van der Waals surface area contributed by atoms with E-state index in [1.807, 2.05) is 0 Å². The van der Waals surface area contributed by atoms with Crippen LogP contribution < -0.4 is 0 Å². The molecule has 0 saturated carbocycles. The summed E-state index contributed by atoms with van der Waals surface area (Å²) >= 11 is 0. The smallest absolute Gasteiger partial charge is 0.114 e. The Labute approximate surface area is 153 Å². The fourth-order valence-electron chi connectivity index (χ4n) is 3.09. The van der Waals surface area contributed by atoms with Crippen molar-refractivity contribution in [2.75, 3.05) is 19.8 Å². The van der Waals surface area contributed by atoms with Crippen LogP contribution in [-0.4, -0.2) is 59.6 Å². The van der Waals surface area contributed by atoms with Crippen molar-refractivity contribution in [3.8, 4) is 0 Å². The minimum absolute atomic E-state index is 0.261. The van der Waals surface area contributed by atoms with Crippen LogP contribution in [-0.2, 0) is 9.47 Å². The predicted octanol–water partition coefficient (Wildman–Crippen LogP) is 2.96. The van der Waals surface area contributed by atoms with Crippen LogP contribution in [0.1, 0.15) is 71.1 Å². The lowest BCUT2D eigenvalue weighted by molar-refractivity contribution is -0.0729. The molecule has 4 atom stereocenters. The first-order valence-electron chi connectivity index (χ1n) is 10.1. The Morgan fingerprint density at radius 3 is 2.36 bits per heavy atom. The van der Waals surface area contributed by atoms with E-state index in [0.717, 1.165) is 19.3 Å². The van der Waals surface area contributed by atoms with E-state index < -0.39 is 31.0 Å². The Bertz CT molecular complexity index is 334. The van der Waals surface area contributed by atoms with E-state index in [1.54, 1.807) is 0 Å². The lowest BCUT2D eigenvalue weighted by atomic mass is 10.1. The molecule has 5 heteroatoms. The van der Waals surface area contributed by atoms with Crippen molar-refractivity contribution in [1.82, 2.24) is 0 Å². The topological polar surface area (TPSA) is 79.2 Å². The summed E-state index contributed by atoms with van der Waals surface area (Å²) in [7, 11) is 0. The summed E-state index contributed by atoms with van der Waals surface area (Å²) in [5, 5.41) is 28.4. The van der Waals surface area contributed by atoms with Gasteiger partial charge in [-0.15, -0.1) is 0 Å². The molecule has 0 aliphatic carbocycles. The molecule has 1 aliphatic heterocycles. The summed E-state index contributed by atoms with van der Waals surface area (Å²) < 4.78 is 10.9. The van der Waals surface area contributed by atoms with Crippen LogP contribution >= 0.6 is 0 Å². The van der Waals surface area contributed by atoms with Gasteiger partial charge in [-0.05, 0) is 25.7 Å². The van der Waals surface area contributed by atoms with E-state index in [2.05, 4.69) is 19.1 Å². The Balaban J connectivity index is 1.93. The highest BCUT2D eigenvalue weighted by Crippen LogP contribution is 2.20. The van der Waals surface area contributed by atoms with Crippen molar-refractivity contribution in [3.63, 3.8) is 0 Å². The molecule has 0 aromatic rings. The lowest BCUT2D eigenvalue weighted by Gasteiger charge is -2.20. The molecule has 1 aliphatic rings. The van der Waals surface area contributed by atoms with Gasteiger partial charge in [0.25, 0.3) is 0 Å². The van der Waals surface area contributed by atoms with Gasteiger partial charge in [-0.25, -0.2) is 0 Å². The molecule has 0 unspecified atom stereocenters. The van der Waals surface area contributed by atoms with Gasteiger partial charge >= 0.3 is 0 Å². The molecule has 0 aromatic carbocycles. The van der Waals surface area contributed by atoms with Crippen LogP contribution in [0.2, 0.25) is 0 Å². The van der Waals surface area contributed by atoms with Crippen molar-refractivity contribution in [2.24, 2.45) is 0 Å². The van der Waals surface area contributed by atoms with Gasteiger partial charge in [0, 0.05) is 6.61 Å². The SMILES string of the molecule is CCCCCCCCC/C=C/CCCO[C@@H]1CO[C@@H]([C@@H](O)CO)[C@H]1O. The lowest BCUT2D eigenvalue weighted by Crippen LogP contribution is -2.41. The summed E-state index contributed by atoms with van der Waals surface area (Å²) in [5.41, 5.74) is 0. The maximum atomic E-state index is 10.0. The number of unbranched alkanes of at least 4 members (excludes halogenated alkanes) is 8. The average molecular weight is 359 g/mol. The number of aliphatic hydroxyl groups is 3. The fourth-order valence-corrected chi connectivity index (χ4v) is 3.09. The Morgan fingerprint density at radius 2 is 1.68 bits per heavy atom. The van der Waals surface area contributed by atoms with Crippen LogP contribution in [0.25, 0.3) is 0 Å². The summed E-state index contributed by atoms with van der Waals surface area (Å²) in [5.74, 6) is 0. The third-order valence-electron chi connectivity index (χ3n) is 4.72. The fraction of sp³-hybridized carbons (Fsp3) is 0.900. The van der Waals surface area contributed by atoms with Crippen LogP contribution in [0.3, 0.4) is 0 Å². The van der Waals surface area contributed by atoms with Crippen LogP contribution in [0.15, 0.2) is 12.2 Å². The predicted molar refractivity (Wildman–Crippen MR) is 99.6 cm³/mol. The van der Waals surface area contributed by atoms with E-state index >= 15 is 0 Å². The maximum Gasteiger partial charge on any atom is 0.114 e. The molecular weight excluding hydrogens is 320 g/mol. The first kappa shape index (κ1) is 22.6. The molecule has 25 heavy (non-hydrogen) atoms. The molecule has 1 rings (SSSR count). The Morgan fingerprint density at radius 1 is 1.04 bits per heavy atom. The normalized spacial score (nSPS) is 25.0. The van der Waals surface area contributed by atoms with Crippen LogP contribution in [0.4, 0.5) is 0 Å². The van der Waals surface area contributed by atoms with Gasteiger partial charge in [0.1, 0.15) is 24.4 Å². The molecule has 0 aromatic heterocycles. The maximum absolute atomic E-state index is 10.0. The summed E-state index contributed by atoms with van der Waals surface area (Å²) in [4.78, 5) is 0. The standard InChI is InChI=1S/C20H38O5/c1-2-3-4-5-6-7-8-9-10-11-12-13-14-24-18-16-25-20(19(18)23)17(22)15-21/h10-11,17-23H,2-9,12-16H2,1H3/b11-10+/t17-,18+,19-,20-/m0/s1. The van der Waals surface area contributed by atoms with Crippen LogP contribution in [0.5, 0.6) is 0 Å². The van der Waals surface area contributed by atoms with Crippen LogP contribution in [0, 0.1) is 0 Å². The number of ether oxygens (including phenoxy) is 2. The first-order valence-corrected chi connectivity index (χ1v) is 10.1. The summed E-state index contributed by atoms with van der Waals surface area (Å²) in [6, 6.07) is 0. The molecule has 5 nitrogen and oxygen atoms in total. The zero-order chi connectivity index (χ0) is 18.3. The van der Waals surface area contributed by atoms with E-state index in [4.69, 9.17) is 14.6 Å². The molecular formula is C20H38O5. The van der Waals surface area contributed by atoms with Gasteiger partial charge < -0.3 is 24.8 Å². The number of allylic oxidation sites excluding steroid dienone is 2. The molecule has 0 radical (unpaired) electrons. The van der Waals surface area contributed by atoms with Gasteiger partial charge in [0.2, 0.25) is 0 Å². The first-order chi connectivity index (χ1) is 12.2. The number of rotatable bonds is 15.